The molecule has 2 atom stereocenters. The van der Waals surface area contributed by atoms with E-state index in [1.807, 2.05) is 19.1 Å². The van der Waals surface area contributed by atoms with Crippen LogP contribution in [0.25, 0.3) is 10.4 Å². The van der Waals surface area contributed by atoms with E-state index in [9.17, 15) is 15.2 Å². The Bertz CT molecular complexity index is 625. The summed E-state index contributed by atoms with van der Waals surface area (Å²) in [4.78, 5) is 12.7. The van der Waals surface area contributed by atoms with Gasteiger partial charge in [0.2, 0.25) is 0 Å². The molecule has 2 N–H and O–H groups in total. The summed E-state index contributed by atoms with van der Waals surface area (Å²) < 4.78 is 0. The van der Waals surface area contributed by atoms with Crippen LogP contribution in [-0.2, 0) is 0 Å². The molecule has 0 aliphatic carbocycles. The molecule has 0 fully saturated rings. The van der Waals surface area contributed by atoms with Gasteiger partial charge in [-0.2, -0.15) is 0 Å². The van der Waals surface area contributed by atoms with Crippen molar-refractivity contribution < 1.29 is 10.0 Å². The second kappa shape index (κ2) is 6.80. The van der Waals surface area contributed by atoms with E-state index in [1.54, 1.807) is 25.1 Å². The zero-order chi connectivity index (χ0) is 15.4. The van der Waals surface area contributed by atoms with Crippen molar-refractivity contribution in [2.45, 2.75) is 26.0 Å². The molecule has 0 spiro atoms. The van der Waals surface area contributed by atoms with Gasteiger partial charge in [-0.3, -0.25) is 10.1 Å². The molecule has 21 heavy (non-hydrogen) atoms. The maximum absolute atomic E-state index is 11.1. The van der Waals surface area contributed by atoms with Crippen LogP contribution in [0.5, 0.6) is 0 Å². The summed E-state index contributed by atoms with van der Waals surface area (Å²) in [5, 5.41) is 23.6. The van der Waals surface area contributed by atoms with Gasteiger partial charge in [-0.1, -0.05) is 12.1 Å². The van der Waals surface area contributed by atoms with Crippen molar-refractivity contribution in [3.05, 3.63) is 51.4 Å². The van der Waals surface area contributed by atoms with E-state index in [4.69, 9.17) is 0 Å². The number of para-hydroxylation sites is 1. The quantitative estimate of drug-likeness (QED) is 0.634. The van der Waals surface area contributed by atoms with E-state index < -0.39 is 6.10 Å². The summed E-state index contributed by atoms with van der Waals surface area (Å²) in [6, 6.07) is 10.7. The van der Waals surface area contributed by atoms with Gasteiger partial charge in [0.1, 0.15) is 0 Å². The molecule has 1 heterocycles. The minimum atomic E-state index is -0.401. The van der Waals surface area contributed by atoms with Gasteiger partial charge in [0.25, 0.3) is 5.69 Å². The summed E-state index contributed by atoms with van der Waals surface area (Å²) in [5.74, 6) is 0. The average molecular weight is 306 g/mol. The van der Waals surface area contributed by atoms with Crippen LogP contribution in [0.3, 0.4) is 0 Å². The number of aliphatic hydroxyl groups is 1. The highest BCUT2D eigenvalue weighted by Crippen LogP contribution is 2.36. The third-order valence-corrected chi connectivity index (χ3v) is 4.44. The lowest BCUT2D eigenvalue weighted by Crippen LogP contribution is -2.26. The van der Waals surface area contributed by atoms with Gasteiger partial charge in [0.05, 0.1) is 16.6 Å². The third kappa shape index (κ3) is 3.87. The molecular formula is C15H18N2O3S. The molecule has 1 aromatic carbocycles. The van der Waals surface area contributed by atoms with Crippen molar-refractivity contribution in [2.75, 3.05) is 6.54 Å². The first-order valence-electron chi connectivity index (χ1n) is 6.74. The van der Waals surface area contributed by atoms with Gasteiger partial charge in [0.15, 0.2) is 0 Å². The average Bonchev–Trinajstić information content (AvgIpc) is 2.94. The number of nitrogens with zero attached hydrogens (tertiary/aromatic N) is 1. The number of aliphatic hydroxyl groups excluding tert-OH is 1. The van der Waals surface area contributed by atoms with Crippen LogP contribution >= 0.6 is 11.3 Å². The topological polar surface area (TPSA) is 75.4 Å². The van der Waals surface area contributed by atoms with Gasteiger partial charge in [-0.05, 0) is 32.0 Å². The summed E-state index contributed by atoms with van der Waals surface area (Å²) in [7, 11) is 0. The van der Waals surface area contributed by atoms with Crippen LogP contribution in [0.15, 0.2) is 36.4 Å². The predicted octanol–water partition coefficient (Wildman–Crippen LogP) is 3.35. The minimum Gasteiger partial charge on any atom is -0.392 e. The molecule has 0 aliphatic heterocycles. The van der Waals surface area contributed by atoms with Gasteiger partial charge in [-0.25, -0.2) is 0 Å². The van der Waals surface area contributed by atoms with E-state index in [0.717, 1.165) is 9.75 Å². The first kappa shape index (κ1) is 15.6. The number of hydrogen-bond donors (Lipinski definition) is 2. The number of thiophene rings is 1. The fourth-order valence-electron chi connectivity index (χ4n) is 2.02. The molecule has 6 heteroatoms. The number of nitro benzene ring substituents is 1. The smallest absolute Gasteiger partial charge is 0.278 e. The Balaban J connectivity index is 2.22. The van der Waals surface area contributed by atoms with Crippen LogP contribution in [0.4, 0.5) is 5.69 Å². The van der Waals surface area contributed by atoms with Crippen LogP contribution in [0.1, 0.15) is 24.8 Å². The minimum absolute atomic E-state index is 0.0983. The van der Waals surface area contributed by atoms with Gasteiger partial charge < -0.3 is 10.4 Å². The highest BCUT2D eigenvalue weighted by molar-refractivity contribution is 7.15. The monoisotopic (exact) mass is 306 g/mol. The molecule has 2 rings (SSSR count). The largest absolute Gasteiger partial charge is 0.392 e. The summed E-state index contributed by atoms with van der Waals surface area (Å²) in [5.41, 5.74) is 0.761. The molecule has 0 saturated carbocycles. The number of benzene rings is 1. The maximum atomic E-state index is 11.1. The Kier molecular flexibility index (Phi) is 5.06. The zero-order valence-corrected chi connectivity index (χ0v) is 12.8. The highest BCUT2D eigenvalue weighted by Gasteiger charge is 2.17. The van der Waals surface area contributed by atoms with E-state index in [0.29, 0.717) is 12.1 Å². The van der Waals surface area contributed by atoms with Crippen molar-refractivity contribution in [3.63, 3.8) is 0 Å². The number of nitrogens with one attached hydrogen (secondary N) is 1. The molecule has 0 saturated heterocycles. The Morgan fingerprint density at radius 1 is 1.29 bits per heavy atom. The van der Waals surface area contributed by atoms with Crippen molar-refractivity contribution in [3.8, 4) is 10.4 Å². The lowest BCUT2D eigenvalue weighted by molar-refractivity contribution is -0.384. The maximum Gasteiger partial charge on any atom is 0.278 e. The second-order valence-corrected chi connectivity index (χ2v) is 6.07. The van der Waals surface area contributed by atoms with Gasteiger partial charge in [0, 0.05) is 28.4 Å². The number of nitro groups is 1. The molecule has 2 unspecified atom stereocenters. The van der Waals surface area contributed by atoms with Crippen molar-refractivity contribution in [1.29, 1.82) is 0 Å². The lowest BCUT2D eigenvalue weighted by atomic mass is 10.1. The summed E-state index contributed by atoms with van der Waals surface area (Å²) >= 11 is 1.53. The molecule has 0 radical (unpaired) electrons. The predicted molar refractivity (Wildman–Crippen MR) is 84.5 cm³/mol. The van der Waals surface area contributed by atoms with Crippen molar-refractivity contribution >= 4 is 17.0 Å². The van der Waals surface area contributed by atoms with Crippen LogP contribution in [-0.4, -0.2) is 22.7 Å². The Morgan fingerprint density at radius 2 is 2.00 bits per heavy atom. The van der Waals surface area contributed by atoms with Crippen molar-refractivity contribution in [1.82, 2.24) is 5.32 Å². The highest BCUT2D eigenvalue weighted by atomic mass is 32.1. The third-order valence-electron chi connectivity index (χ3n) is 3.14. The first-order chi connectivity index (χ1) is 9.99. The van der Waals surface area contributed by atoms with E-state index in [-0.39, 0.29) is 16.7 Å². The normalized spacial score (nSPS) is 13.9. The number of hydrogen-bond acceptors (Lipinski definition) is 5. The van der Waals surface area contributed by atoms with Crippen molar-refractivity contribution in [2.24, 2.45) is 0 Å². The summed E-state index contributed by atoms with van der Waals surface area (Å²) in [6.07, 6.45) is -0.401. The van der Waals surface area contributed by atoms with Crippen LogP contribution in [0.2, 0.25) is 0 Å². The Morgan fingerprint density at radius 3 is 2.67 bits per heavy atom. The Hall–Kier alpha value is -1.76. The molecule has 5 nitrogen and oxygen atoms in total. The Labute approximate surface area is 127 Å². The van der Waals surface area contributed by atoms with E-state index in [2.05, 4.69) is 5.32 Å². The number of rotatable bonds is 6. The zero-order valence-electron chi connectivity index (χ0n) is 11.9. The SMILES string of the molecule is CC(O)CNC(C)c1ccc(-c2ccccc2[N+](=O)[O-])s1. The second-order valence-electron chi connectivity index (χ2n) is 4.96. The fraction of sp³-hybridized carbons (Fsp3) is 0.333. The molecule has 112 valence electrons. The van der Waals surface area contributed by atoms with Gasteiger partial charge in [-0.15, -0.1) is 11.3 Å². The van der Waals surface area contributed by atoms with Crippen LogP contribution in [0, 0.1) is 10.1 Å². The lowest BCUT2D eigenvalue weighted by Gasteiger charge is -2.13. The van der Waals surface area contributed by atoms with Crippen LogP contribution < -0.4 is 5.32 Å². The first-order valence-corrected chi connectivity index (χ1v) is 7.55. The standard InChI is InChI=1S/C15H18N2O3S/c1-10(18)9-16-11(2)14-7-8-15(21-14)12-5-3-4-6-13(12)17(19)20/h3-8,10-11,16,18H,9H2,1-2H3. The van der Waals surface area contributed by atoms with E-state index in [1.165, 1.54) is 17.4 Å². The fourth-order valence-corrected chi connectivity index (χ4v) is 3.09. The molecule has 0 amide bonds. The molecule has 0 aliphatic rings. The van der Waals surface area contributed by atoms with E-state index >= 15 is 0 Å². The molecule has 0 bridgehead atoms. The molecule has 2 aromatic rings. The summed E-state index contributed by atoms with van der Waals surface area (Å²) in [6.45, 7) is 4.25. The molecule has 1 aromatic heterocycles. The molecular weight excluding hydrogens is 288 g/mol. The van der Waals surface area contributed by atoms with Gasteiger partial charge >= 0.3 is 0 Å².